The van der Waals surface area contributed by atoms with Gasteiger partial charge in [-0.3, -0.25) is 0 Å². The first-order chi connectivity index (χ1) is 20.7. The zero-order valence-electron chi connectivity index (χ0n) is 25.2. The fourth-order valence-corrected chi connectivity index (χ4v) is 4.64. The molecule has 1 aliphatic heterocycles. The van der Waals surface area contributed by atoms with Crippen LogP contribution in [0.25, 0.3) is 0 Å². The number of hydrogen-bond acceptors (Lipinski definition) is 10. The summed E-state index contributed by atoms with van der Waals surface area (Å²) in [6, 6.07) is 8.50. The number of halogens is 1. The molecule has 2 N–H and O–H groups in total. The minimum Gasteiger partial charge on any atom is -0.493 e. The largest absolute Gasteiger partial charge is 0.493 e. The van der Waals surface area contributed by atoms with Crippen LogP contribution in [-0.2, 0) is 0 Å². The van der Waals surface area contributed by atoms with Gasteiger partial charge in [-0.25, -0.2) is 19.1 Å². The van der Waals surface area contributed by atoms with E-state index in [9.17, 15) is 14.3 Å². The minimum absolute atomic E-state index is 0.0319. The molecule has 0 aliphatic carbocycles. The van der Waals surface area contributed by atoms with Gasteiger partial charge in [-0.2, -0.15) is 4.98 Å². The van der Waals surface area contributed by atoms with E-state index in [-0.39, 0.29) is 29.3 Å². The van der Waals surface area contributed by atoms with Gasteiger partial charge in [0.1, 0.15) is 17.4 Å². The van der Waals surface area contributed by atoms with Crippen LogP contribution in [0.5, 0.6) is 23.0 Å². The number of anilines is 4. The summed E-state index contributed by atoms with van der Waals surface area (Å²) in [7, 11) is 5.21. The van der Waals surface area contributed by atoms with E-state index in [1.54, 1.807) is 26.0 Å². The molecule has 1 saturated heterocycles. The first-order valence-corrected chi connectivity index (χ1v) is 14.1. The van der Waals surface area contributed by atoms with E-state index < -0.39 is 11.9 Å². The van der Waals surface area contributed by atoms with Crippen LogP contribution in [-0.4, -0.2) is 97.7 Å². The molecule has 1 fully saturated rings. The highest BCUT2D eigenvalue weighted by Crippen LogP contribution is 2.41. The zero-order chi connectivity index (χ0) is 30.9. The molecule has 0 radical (unpaired) electrons. The molecule has 0 saturated carbocycles. The number of amides is 1. The number of carboxylic acid groups (broad SMARTS) is 1. The Kier molecular flexibility index (Phi) is 10.8. The Balaban J connectivity index is 1.51. The van der Waals surface area contributed by atoms with Gasteiger partial charge in [0.2, 0.25) is 11.7 Å². The highest BCUT2D eigenvalue weighted by Gasteiger charge is 2.24. The number of nitrogens with one attached hydrogen (secondary N) is 1. The lowest BCUT2D eigenvalue weighted by Crippen LogP contribution is -2.44. The number of ether oxygens (including phenoxy) is 4. The van der Waals surface area contributed by atoms with Crippen molar-refractivity contribution in [3.8, 4) is 23.0 Å². The molecule has 0 spiro atoms. The van der Waals surface area contributed by atoms with E-state index in [0.29, 0.717) is 29.5 Å². The average Bonchev–Trinajstić information content (AvgIpc) is 2.97. The number of benzene rings is 2. The third-order valence-corrected chi connectivity index (χ3v) is 6.76. The summed E-state index contributed by atoms with van der Waals surface area (Å²) in [6.07, 6.45) is 0.628. The first kappa shape index (κ1) is 31.6. The second-order valence-corrected chi connectivity index (χ2v) is 10.3. The third kappa shape index (κ3) is 8.36. The smallest absolute Gasteiger partial charge is 0.417 e. The standard InChI is InChI=1S/C30H39FN6O6/c1-20(2)43-24-17-21(31)7-8-23(24)37(30(38)39)27-9-10-32-29(34-27)33-22-18-25(40-4)28(26(19-22)41-5)42-16-6-11-36-14-12-35(3)13-15-36/h7-10,17-20H,6,11-16H2,1-5H3,(H,38,39)(H,32,33,34). The Labute approximate surface area is 250 Å². The molecule has 43 heavy (non-hydrogen) atoms. The third-order valence-electron chi connectivity index (χ3n) is 6.76. The highest BCUT2D eigenvalue weighted by molar-refractivity contribution is 5.95. The van der Waals surface area contributed by atoms with E-state index >= 15 is 0 Å². The van der Waals surface area contributed by atoms with Crippen molar-refractivity contribution in [2.24, 2.45) is 0 Å². The lowest BCUT2D eigenvalue weighted by molar-refractivity contribution is 0.144. The van der Waals surface area contributed by atoms with Crippen LogP contribution in [0.3, 0.4) is 0 Å². The molecule has 13 heteroatoms. The summed E-state index contributed by atoms with van der Waals surface area (Å²) in [5, 5.41) is 13.2. The Morgan fingerprint density at radius 2 is 1.77 bits per heavy atom. The maximum Gasteiger partial charge on any atom is 0.417 e. The maximum atomic E-state index is 14.0. The molecule has 1 aromatic heterocycles. The average molecular weight is 599 g/mol. The number of nitrogens with zero attached hydrogens (tertiary/aromatic N) is 5. The molecule has 12 nitrogen and oxygen atoms in total. The Hall–Kier alpha value is -4.36. The van der Waals surface area contributed by atoms with Gasteiger partial charge in [-0.05, 0) is 39.4 Å². The van der Waals surface area contributed by atoms with Crippen molar-refractivity contribution in [3.05, 3.63) is 48.4 Å². The summed E-state index contributed by atoms with van der Waals surface area (Å²) >= 11 is 0. The SMILES string of the molecule is COc1cc(Nc2nccc(N(C(=O)O)c3ccc(F)cc3OC(C)C)n2)cc(OC)c1OCCCN1CCN(C)CC1. The Bertz CT molecular complexity index is 1360. The van der Waals surface area contributed by atoms with Gasteiger partial charge in [0.25, 0.3) is 0 Å². The molecule has 1 amide bonds. The molecule has 1 aliphatic rings. The highest BCUT2D eigenvalue weighted by atomic mass is 19.1. The Morgan fingerprint density at radius 1 is 1.07 bits per heavy atom. The zero-order valence-corrected chi connectivity index (χ0v) is 25.2. The quantitative estimate of drug-likeness (QED) is 0.259. The Morgan fingerprint density at radius 3 is 2.40 bits per heavy atom. The lowest BCUT2D eigenvalue weighted by Gasteiger charge is -2.32. The number of rotatable bonds is 13. The topological polar surface area (TPSA) is 122 Å². The van der Waals surface area contributed by atoms with Crippen molar-refractivity contribution in [1.82, 2.24) is 19.8 Å². The van der Waals surface area contributed by atoms with Crippen molar-refractivity contribution in [3.63, 3.8) is 0 Å². The predicted octanol–water partition coefficient (Wildman–Crippen LogP) is 5.00. The van der Waals surface area contributed by atoms with Crippen LogP contribution in [0.15, 0.2) is 42.6 Å². The van der Waals surface area contributed by atoms with Gasteiger partial charge >= 0.3 is 6.09 Å². The van der Waals surface area contributed by atoms with E-state index in [4.69, 9.17) is 18.9 Å². The van der Waals surface area contributed by atoms with Gasteiger partial charge in [0.15, 0.2) is 11.5 Å². The van der Waals surface area contributed by atoms with Crippen LogP contribution in [0.1, 0.15) is 20.3 Å². The van der Waals surface area contributed by atoms with E-state index in [1.165, 1.54) is 32.5 Å². The summed E-state index contributed by atoms with van der Waals surface area (Å²) in [5.41, 5.74) is 0.646. The molecule has 232 valence electrons. The minimum atomic E-state index is -1.33. The maximum absolute atomic E-state index is 14.0. The number of carbonyl (C=O) groups is 1. The number of piperazine rings is 1. The van der Waals surface area contributed by atoms with Gasteiger partial charge in [-0.15, -0.1) is 0 Å². The van der Waals surface area contributed by atoms with Gasteiger partial charge in [-0.1, -0.05) is 0 Å². The molecule has 4 rings (SSSR count). The normalized spacial score (nSPS) is 13.9. The van der Waals surface area contributed by atoms with Crippen molar-refractivity contribution >= 4 is 29.2 Å². The predicted molar refractivity (Wildman–Crippen MR) is 161 cm³/mol. The fourth-order valence-electron chi connectivity index (χ4n) is 4.64. The number of hydrogen-bond donors (Lipinski definition) is 2. The molecule has 2 aromatic carbocycles. The van der Waals surface area contributed by atoms with Crippen molar-refractivity contribution in [1.29, 1.82) is 0 Å². The first-order valence-electron chi connectivity index (χ1n) is 14.1. The van der Waals surface area contributed by atoms with E-state index in [1.807, 2.05) is 0 Å². The van der Waals surface area contributed by atoms with Gasteiger partial charge in [0.05, 0.1) is 32.6 Å². The second kappa shape index (κ2) is 14.7. The van der Waals surface area contributed by atoms with E-state index in [2.05, 4.69) is 32.1 Å². The second-order valence-electron chi connectivity index (χ2n) is 10.3. The fraction of sp³-hybridized carbons (Fsp3) is 0.433. The summed E-state index contributed by atoms with van der Waals surface area (Å²) in [4.78, 5) is 26.7. The van der Waals surface area contributed by atoms with E-state index in [0.717, 1.165) is 56.2 Å². The monoisotopic (exact) mass is 598 g/mol. The van der Waals surface area contributed by atoms with Crippen LogP contribution in [0.4, 0.5) is 32.3 Å². The number of likely N-dealkylation sites (N-methyl/N-ethyl adjacent to an activating group) is 1. The molecular weight excluding hydrogens is 559 g/mol. The van der Waals surface area contributed by atoms with Crippen LogP contribution >= 0.6 is 0 Å². The van der Waals surface area contributed by atoms with Gasteiger partial charge < -0.3 is 39.2 Å². The molecule has 3 aromatic rings. The molecule has 0 atom stereocenters. The molecule has 0 bridgehead atoms. The molecule has 2 heterocycles. The van der Waals surface area contributed by atoms with Crippen molar-refractivity contribution < 1.29 is 33.2 Å². The number of methoxy groups -OCH3 is 2. The van der Waals surface area contributed by atoms with Crippen molar-refractivity contribution in [2.45, 2.75) is 26.4 Å². The summed E-state index contributed by atoms with van der Waals surface area (Å²) < 4.78 is 37.0. The molecule has 0 unspecified atom stereocenters. The summed E-state index contributed by atoms with van der Waals surface area (Å²) in [6.45, 7) is 9.20. The van der Waals surface area contributed by atoms with Crippen LogP contribution in [0, 0.1) is 5.82 Å². The summed E-state index contributed by atoms with van der Waals surface area (Å²) in [5.74, 6) is 1.04. The van der Waals surface area contributed by atoms with Gasteiger partial charge in [0, 0.05) is 68.9 Å². The van der Waals surface area contributed by atoms with Crippen LogP contribution in [0.2, 0.25) is 0 Å². The van der Waals surface area contributed by atoms with Crippen molar-refractivity contribution in [2.75, 3.05) is 70.8 Å². The lowest BCUT2D eigenvalue weighted by atomic mass is 10.2. The van der Waals surface area contributed by atoms with Crippen LogP contribution < -0.4 is 29.2 Å². The molecular formula is C30H39FN6O6. The number of aromatic nitrogens is 2.